The lowest BCUT2D eigenvalue weighted by Gasteiger charge is -2.08. The summed E-state index contributed by atoms with van der Waals surface area (Å²) in [6.07, 6.45) is 0. The monoisotopic (exact) mass is 338 g/mol. The number of anilines is 1. The molecule has 0 heterocycles. The molecule has 0 fully saturated rings. The molecule has 19 heavy (non-hydrogen) atoms. The Labute approximate surface area is 124 Å². The zero-order valence-corrected chi connectivity index (χ0v) is 12.4. The zero-order chi connectivity index (χ0) is 13.8. The number of nitrogens with one attached hydrogen (secondary N) is 1. The molecule has 3 N–H and O–H groups in total. The Morgan fingerprint density at radius 3 is 2.47 bits per heavy atom. The van der Waals surface area contributed by atoms with Crippen molar-refractivity contribution in [3.05, 3.63) is 63.9 Å². The van der Waals surface area contributed by atoms with E-state index in [1.54, 1.807) is 12.1 Å². The molecule has 5 heteroatoms. The molecule has 0 atom stereocenters. The lowest BCUT2D eigenvalue weighted by Crippen LogP contribution is -2.12. The Kier molecular flexibility index (Phi) is 4.50. The highest BCUT2D eigenvalue weighted by atomic mass is 79.9. The molecule has 0 aliphatic carbocycles. The molecule has 0 saturated carbocycles. The van der Waals surface area contributed by atoms with Crippen molar-refractivity contribution in [2.45, 2.75) is 6.54 Å². The van der Waals surface area contributed by atoms with Crippen molar-refractivity contribution in [3.8, 4) is 0 Å². The van der Waals surface area contributed by atoms with E-state index in [2.05, 4.69) is 21.2 Å². The smallest absolute Gasteiger partial charge is 0.135 e. The van der Waals surface area contributed by atoms with Crippen molar-refractivity contribution in [1.82, 2.24) is 0 Å². The first-order chi connectivity index (χ1) is 9.06. The Morgan fingerprint density at radius 1 is 1.21 bits per heavy atom. The molecule has 0 aliphatic heterocycles. The third kappa shape index (κ3) is 3.75. The van der Waals surface area contributed by atoms with E-state index in [0.717, 1.165) is 10.0 Å². The maximum atomic E-state index is 13.7. The first-order valence-corrected chi connectivity index (χ1v) is 6.84. The van der Waals surface area contributed by atoms with Crippen LogP contribution in [0.4, 0.5) is 10.1 Å². The Balaban J connectivity index is 2.06. The molecule has 0 unspecified atom stereocenters. The number of rotatable bonds is 4. The van der Waals surface area contributed by atoms with Gasteiger partial charge in [-0.2, -0.15) is 0 Å². The predicted molar refractivity (Wildman–Crippen MR) is 83.8 cm³/mol. The second kappa shape index (κ2) is 6.12. The van der Waals surface area contributed by atoms with Gasteiger partial charge in [-0.3, -0.25) is 0 Å². The lowest BCUT2D eigenvalue weighted by molar-refractivity contribution is 0.626. The summed E-state index contributed by atoms with van der Waals surface area (Å²) >= 11 is 8.14. The van der Waals surface area contributed by atoms with Crippen LogP contribution in [0.2, 0.25) is 0 Å². The highest BCUT2D eigenvalue weighted by Crippen LogP contribution is 2.16. The van der Waals surface area contributed by atoms with Crippen LogP contribution in [0.3, 0.4) is 0 Å². The van der Waals surface area contributed by atoms with Crippen LogP contribution in [0.5, 0.6) is 0 Å². The van der Waals surface area contributed by atoms with Gasteiger partial charge in [0.1, 0.15) is 10.8 Å². The van der Waals surface area contributed by atoms with Gasteiger partial charge in [0, 0.05) is 22.3 Å². The van der Waals surface area contributed by atoms with Gasteiger partial charge in [0.25, 0.3) is 0 Å². The summed E-state index contributed by atoms with van der Waals surface area (Å²) < 4.78 is 14.7. The first-order valence-electron chi connectivity index (χ1n) is 5.64. The average molecular weight is 339 g/mol. The molecule has 2 aromatic carbocycles. The third-order valence-corrected chi connectivity index (χ3v) is 3.39. The van der Waals surface area contributed by atoms with Crippen molar-refractivity contribution in [2.24, 2.45) is 5.73 Å². The molecule has 0 saturated heterocycles. The fourth-order valence-corrected chi connectivity index (χ4v) is 2.06. The minimum atomic E-state index is -0.409. The van der Waals surface area contributed by atoms with Gasteiger partial charge in [-0.15, -0.1) is 0 Å². The van der Waals surface area contributed by atoms with Gasteiger partial charge in [0.2, 0.25) is 0 Å². The summed E-state index contributed by atoms with van der Waals surface area (Å²) in [6, 6.07) is 12.7. The number of halogens is 2. The summed E-state index contributed by atoms with van der Waals surface area (Å²) in [5, 5.41) is 3.15. The standard InChI is InChI=1S/C14H12BrFN2S/c15-10-3-1-9(2-4-10)8-18-11-5-6-12(14(17)19)13(16)7-11/h1-7,18H,8H2,(H2,17,19). The normalized spacial score (nSPS) is 10.2. The average Bonchev–Trinajstić information content (AvgIpc) is 2.37. The molecule has 0 radical (unpaired) electrons. The predicted octanol–water partition coefficient (Wildman–Crippen LogP) is 3.83. The maximum Gasteiger partial charge on any atom is 0.135 e. The zero-order valence-electron chi connectivity index (χ0n) is 9.99. The molecular formula is C14H12BrFN2S. The van der Waals surface area contributed by atoms with Crippen LogP contribution in [-0.2, 0) is 6.54 Å². The van der Waals surface area contributed by atoms with Gasteiger partial charge in [-0.25, -0.2) is 4.39 Å². The fraction of sp³-hybridized carbons (Fsp3) is 0.0714. The van der Waals surface area contributed by atoms with Crippen LogP contribution in [0, 0.1) is 5.82 Å². The molecular weight excluding hydrogens is 327 g/mol. The Bertz CT molecular complexity index is 599. The minimum absolute atomic E-state index is 0.0666. The summed E-state index contributed by atoms with van der Waals surface area (Å²) in [5.74, 6) is -0.409. The Morgan fingerprint density at radius 2 is 1.89 bits per heavy atom. The Hall–Kier alpha value is -1.46. The van der Waals surface area contributed by atoms with Crippen LogP contribution >= 0.6 is 28.1 Å². The summed E-state index contributed by atoms with van der Waals surface area (Å²) in [7, 11) is 0. The molecule has 0 bridgehead atoms. The van der Waals surface area contributed by atoms with E-state index in [-0.39, 0.29) is 10.6 Å². The number of nitrogens with two attached hydrogens (primary N) is 1. The molecule has 98 valence electrons. The van der Waals surface area contributed by atoms with Gasteiger partial charge in [0.05, 0.1) is 0 Å². The summed E-state index contributed by atoms with van der Waals surface area (Å²) in [4.78, 5) is 0.0666. The van der Waals surface area contributed by atoms with Crippen LogP contribution in [0.15, 0.2) is 46.9 Å². The number of thiocarbonyl (C=S) groups is 1. The van der Waals surface area contributed by atoms with E-state index in [4.69, 9.17) is 18.0 Å². The lowest BCUT2D eigenvalue weighted by atomic mass is 10.2. The maximum absolute atomic E-state index is 13.7. The quantitative estimate of drug-likeness (QED) is 0.832. The van der Waals surface area contributed by atoms with Crippen LogP contribution in [0.1, 0.15) is 11.1 Å². The van der Waals surface area contributed by atoms with Crippen LogP contribution in [0.25, 0.3) is 0 Å². The minimum Gasteiger partial charge on any atom is -0.389 e. The first kappa shape index (κ1) is 14.0. The topological polar surface area (TPSA) is 38.0 Å². The molecule has 2 aromatic rings. The van der Waals surface area contributed by atoms with Gasteiger partial charge >= 0.3 is 0 Å². The number of hydrogen-bond donors (Lipinski definition) is 2. The van der Waals surface area contributed by atoms with E-state index in [9.17, 15) is 4.39 Å². The molecule has 2 rings (SSSR count). The van der Waals surface area contributed by atoms with Crippen molar-refractivity contribution in [2.75, 3.05) is 5.32 Å². The van der Waals surface area contributed by atoms with Gasteiger partial charge in [-0.05, 0) is 35.9 Å². The van der Waals surface area contributed by atoms with Crippen molar-refractivity contribution in [3.63, 3.8) is 0 Å². The highest BCUT2D eigenvalue weighted by molar-refractivity contribution is 9.10. The van der Waals surface area contributed by atoms with E-state index in [1.165, 1.54) is 6.07 Å². The molecule has 0 amide bonds. The molecule has 0 spiro atoms. The van der Waals surface area contributed by atoms with Gasteiger partial charge in [0.15, 0.2) is 0 Å². The highest BCUT2D eigenvalue weighted by Gasteiger charge is 2.05. The van der Waals surface area contributed by atoms with E-state index >= 15 is 0 Å². The van der Waals surface area contributed by atoms with E-state index < -0.39 is 5.82 Å². The fourth-order valence-electron chi connectivity index (χ4n) is 1.63. The molecule has 2 nitrogen and oxygen atoms in total. The number of benzene rings is 2. The number of hydrogen-bond acceptors (Lipinski definition) is 2. The largest absolute Gasteiger partial charge is 0.389 e. The second-order valence-electron chi connectivity index (χ2n) is 4.04. The van der Waals surface area contributed by atoms with Crippen molar-refractivity contribution >= 4 is 38.8 Å². The summed E-state index contributed by atoms with van der Waals surface area (Å²) in [5.41, 5.74) is 7.49. The SMILES string of the molecule is NC(=S)c1ccc(NCc2ccc(Br)cc2)cc1F. The van der Waals surface area contributed by atoms with E-state index in [1.807, 2.05) is 24.3 Å². The van der Waals surface area contributed by atoms with Crippen LogP contribution in [-0.4, -0.2) is 4.99 Å². The molecule has 0 aromatic heterocycles. The van der Waals surface area contributed by atoms with E-state index in [0.29, 0.717) is 12.2 Å². The molecule has 0 aliphatic rings. The second-order valence-corrected chi connectivity index (χ2v) is 5.39. The van der Waals surface area contributed by atoms with Crippen LogP contribution < -0.4 is 11.1 Å². The van der Waals surface area contributed by atoms with Gasteiger partial charge < -0.3 is 11.1 Å². The van der Waals surface area contributed by atoms with Crippen molar-refractivity contribution < 1.29 is 4.39 Å². The van der Waals surface area contributed by atoms with Crippen molar-refractivity contribution in [1.29, 1.82) is 0 Å². The summed E-state index contributed by atoms with van der Waals surface area (Å²) in [6.45, 7) is 0.624. The third-order valence-electron chi connectivity index (χ3n) is 2.64. The van der Waals surface area contributed by atoms with Gasteiger partial charge in [-0.1, -0.05) is 40.3 Å².